The average Bonchev–Trinajstić information content (AvgIpc) is 0.722. The maximum absolute atomic E-state index is 10.8. The first-order valence-electron chi connectivity index (χ1n) is 29.7. The van der Waals surface area contributed by atoms with Crippen LogP contribution in [0.5, 0.6) is 0 Å². The van der Waals surface area contributed by atoms with Gasteiger partial charge >= 0.3 is 158 Å². The molecule has 0 aliphatic heterocycles. The van der Waals surface area contributed by atoms with Crippen LogP contribution in [-0.4, -0.2) is 13.0 Å². The molecule has 0 aromatic heterocycles. The number of hydrogen-bond donors (Lipinski definition) is 0. The van der Waals surface area contributed by atoms with Crippen molar-refractivity contribution in [2.75, 3.05) is 21.4 Å². The van der Waals surface area contributed by atoms with E-state index in [1.807, 2.05) is 97.1 Å². The zero-order valence-electron chi connectivity index (χ0n) is 52.0. The van der Waals surface area contributed by atoms with Gasteiger partial charge in [-0.25, -0.2) is 0 Å². The van der Waals surface area contributed by atoms with Crippen LogP contribution in [-0.2, 0) is 4.57 Å². The quantitative estimate of drug-likeness (QED) is 0.0443. The summed E-state index contributed by atoms with van der Waals surface area (Å²) < 4.78 is 9.51. The maximum atomic E-state index is 10.8. The van der Waals surface area contributed by atoms with Gasteiger partial charge in [-0.05, 0) is 161 Å². The molecule has 0 spiro atoms. The first-order chi connectivity index (χ1) is 44.2. The minimum atomic E-state index is -3.22. The predicted octanol–water partition coefficient (Wildman–Crippen LogP) is 22.5. The van der Waals surface area contributed by atoms with Gasteiger partial charge in [-0.15, -0.1) is 0 Å². The third kappa shape index (κ3) is 22.9. The van der Waals surface area contributed by atoms with Crippen molar-refractivity contribution in [2.24, 2.45) is 0 Å². The number of carbonyl (C=O) groups is 1. The molecule has 12 rings (SSSR count). The van der Waals surface area contributed by atoms with Crippen molar-refractivity contribution in [3.8, 4) is 0 Å². The Kier molecular flexibility index (Phi) is 32.2. The Bertz CT molecular complexity index is 3610. The fraction of sp³-hybridized carbons (Fsp3) is 0.0617. The van der Waals surface area contributed by atoms with E-state index in [4.69, 9.17) is 0 Å². The summed E-state index contributed by atoms with van der Waals surface area (Å²) in [7, 11) is 0. The zero-order valence-corrected chi connectivity index (χ0v) is 57.7. The number of anilines is 9. The third-order valence-corrected chi connectivity index (χ3v) is 22.5. The zero-order chi connectivity index (χ0) is 64.6. The topological polar surface area (TPSA) is 43.9 Å². The van der Waals surface area contributed by atoms with Gasteiger partial charge in [0, 0.05) is 56.7 Å². The SMILES string of the molecule is C.C=Cc1ccc(N(c2ccccc2)c2ccccc2)cc1.CP(Br)(c1ccccc1)(c1ccccc1)c1ccccc1.O=Cc1ccc(N(c2ccccc2)c2ccccc2)cc1.O=P(Cl)(Cl)Cl.[CH2-]CCC.[Li+].c1ccc(N(c2ccccc2)c2ccccc2)cc1. The Morgan fingerprint density at radius 1 is 0.376 bits per heavy atom. The Balaban J connectivity index is 0.000000214. The molecule has 5 nitrogen and oxygen atoms in total. The van der Waals surface area contributed by atoms with Crippen LogP contribution in [0.15, 0.2) is 358 Å². The van der Waals surface area contributed by atoms with Crippen molar-refractivity contribution < 1.29 is 28.2 Å². The summed E-state index contributed by atoms with van der Waals surface area (Å²) in [5, 5.41) is -1.74. The number of carbonyl (C=O) groups excluding carboxylic acids is 1. The summed E-state index contributed by atoms with van der Waals surface area (Å²) in [6, 6.07) is 121. The van der Waals surface area contributed by atoms with E-state index >= 15 is 0 Å². The molecule has 0 aliphatic rings. The molecule has 0 saturated heterocycles. The van der Waals surface area contributed by atoms with E-state index in [-0.39, 0.29) is 26.3 Å². The molecule has 0 heterocycles. The Hall–Kier alpha value is -7.94. The van der Waals surface area contributed by atoms with Crippen LogP contribution in [0.25, 0.3) is 6.08 Å². The van der Waals surface area contributed by atoms with E-state index in [9.17, 15) is 9.36 Å². The number of para-hydroxylation sites is 7. The molecular weight excluding hydrogens is 1300 g/mol. The molecule has 0 unspecified atom stereocenters. The summed E-state index contributed by atoms with van der Waals surface area (Å²) in [6.07, 6.45) is 5.00. The minimum absolute atomic E-state index is 0. The summed E-state index contributed by atoms with van der Waals surface area (Å²) in [5.41, 5.74) is 11.9. The fourth-order valence-electron chi connectivity index (χ4n) is 9.64. The molecule has 0 atom stereocenters. The van der Waals surface area contributed by atoms with Crippen molar-refractivity contribution in [2.45, 2.75) is 27.2 Å². The smallest absolute Gasteiger partial charge is 0.343 e. The van der Waals surface area contributed by atoms with E-state index in [2.05, 4.69) is 352 Å². The molecule has 12 heteroatoms. The van der Waals surface area contributed by atoms with E-state index in [0.29, 0.717) is 5.56 Å². The second-order valence-electron chi connectivity index (χ2n) is 20.5. The van der Waals surface area contributed by atoms with Crippen LogP contribution >= 0.6 is 59.7 Å². The molecule has 12 aromatic carbocycles. The molecule has 0 amide bonds. The van der Waals surface area contributed by atoms with Crippen LogP contribution in [0.3, 0.4) is 0 Å². The molecule has 0 bridgehead atoms. The summed E-state index contributed by atoms with van der Waals surface area (Å²) in [6.45, 7) is 11.9. The predicted molar refractivity (Wildman–Crippen MR) is 411 cm³/mol. The molecule has 0 saturated carbocycles. The maximum Gasteiger partial charge on any atom is 1.00 e. The Morgan fingerprint density at radius 3 is 0.699 bits per heavy atom. The van der Waals surface area contributed by atoms with Gasteiger partial charge in [0.25, 0.3) is 0 Å². The summed E-state index contributed by atoms with van der Waals surface area (Å²) in [4.78, 5) is 17.5. The number of hydrogen-bond acceptors (Lipinski definition) is 5. The van der Waals surface area contributed by atoms with Gasteiger partial charge in [0.05, 0.1) is 0 Å². The third-order valence-electron chi connectivity index (χ3n) is 14.2. The summed E-state index contributed by atoms with van der Waals surface area (Å²) in [5.74, 6) is 0. The second kappa shape index (κ2) is 39.6. The van der Waals surface area contributed by atoms with Gasteiger partial charge < -0.3 is 21.6 Å². The molecule has 0 N–H and O–H groups in total. The normalized spacial score (nSPS) is 10.6. The molecule has 468 valence electrons. The number of unbranched alkanes of at least 4 members (excludes halogenated alkanes) is 1. The van der Waals surface area contributed by atoms with Crippen LogP contribution < -0.4 is 49.5 Å². The number of rotatable bonds is 15. The Labute approximate surface area is 587 Å². The minimum Gasteiger partial charge on any atom is -0.343 e. The van der Waals surface area contributed by atoms with Gasteiger partial charge in [0.15, 0.2) is 0 Å². The van der Waals surface area contributed by atoms with Crippen LogP contribution in [0.2, 0.25) is 0 Å². The Morgan fingerprint density at radius 2 is 0.538 bits per heavy atom. The molecule has 0 radical (unpaired) electrons. The molecule has 12 aromatic rings. The largest absolute Gasteiger partial charge is 1.00 e. The standard InChI is InChI=1S/C20H17N.C19H18BrP.C19H15NO.C18H15N.C4H9.CH4.Cl3OP.Li/c1-2-17-13-15-20(16-14-17)21(18-9-5-3-6-10-18)19-11-7-4-8-12-19;1-21(20,17-11-5-2-6-12-17,18-13-7-3-8-14-18)19-15-9-4-10-16-19;21-15-16-11-13-19(14-12-16)20(17-7-3-1-4-8-17)18-9-5-2-6-10-18;1-4-10-16(11-5-1)19(17-12-6-2-7-13-17)18-14-8-3-9-15-18;1-3-4-2;;1-5(2,3)4;/h2-16H,1H2;2-16H,1H3;1-15H;1-15H;1,3-4H2,2H3;1H4;;/q;;;;-1;;;+1. The van der Waals surface area contributed by atoms with Gasteiger partial charge in [-0.3, -0.25) is 9.36 Å². The van der Waals surface area contributed by atoms with E-state index in [1.54, 1.807) is 0 Å². The number of nitrogens with zero attached hydrogens (tertiary/aromatic N) is 3. The summed E-state index contributed by atoms with van der Waals surface area (Å²) >= 11 is 18.1. The van der Waals surface area contributed by atoms with Crippen LogP contribution in [0.4, 0.5) is 51.2 Å². The van der Waals surface area contributed by atoms with Crippen molar-refractivity contribution in [3.05, 3.63) is 376 Å². The van der Waals surface area contributed by atoms with Crippen molar-refractivity contribution in [1.29, 1.82) is 0 Å². The van der Waals surface area contributed by atoms with Gasteiger partial charge in [0.1, 0.15) is 6.29 Å². The number of aldehydes is 1. The van der Waals surface area contributed by atoms with Crippen LogP contribution in [0, 0.1) is 6.92 Å². The first-order valence-corrected chi connectivity index (χ1v) is 38.8. The second-order valence-corrected chi connectivity index (χ2v) is 36.9. The number of halogens is 4. The number of benzene rings is 12. The van der Waals surface area contributed by atoms with Crippen molar-refractivity contribution in [1.82, 2.24) is 0 Å². The van der Waals surface area contributed by atoms with Crippen molar-refractivity contribution >= 4 is 139 Å². The monoisotopic (exact) mass is 1380 g/mol. The molecular formula is C81H78BrCl3LiN3O2P2. The van der Waals surface area contributed by atoms with Crippen LogP contribution in [0.1, 0.15) is 43.1 Å². The van der Waals surface area contributed by atoms with Gasteiger partial charge in [0.2, 0.25) is 0 Å². The van der Waals surface area contributed by atoms with Gasteiger partial charge in [-0.2, -0.15) is 6.42 Å². The van der Waals surface area contributed by atoms with E-state index < -0.39 is 10.5 Å². The van der Waals surface area contributed by atoms with E-state index in [1.165, 1.54) is 39.4 Å². The molecule has 93 heavy (non-hydrogen) atoms. The first kappa shape index (κ1) is 75.8. The van der Waals surface area contributed by atoms with Crippen molar-refractivity contribution in [3.63, 3.8) is 0 Å². The van der Waals surface area contributed by atoms with E-state index in [0.717, 1.165) is 52.4 Å². The van der Waals surface area contributed by atoms with Gasteiger partial charge in [-0.1, -0.05) is 173 Å². The average molecular weight is 1380 g/mol. The molecule has 0 fully saturated rings. The molecule has 0 aliphatic carbocycles. The fourth-order valence-corrected chi connectivity index (χ4v) is 15.3.